The van der Waals surface area contributed by atoms with Crippen molar-refractivity contribution in [2.45, 2.75) is 94.2 Å². The van der Waals surface area contributed by atoms with Crippen molar-refractivity contribution < 1.29 is 39.4 Å². The first-order valence-corrected chi connectivity index (χ1v) is 23.8. The molecule has 67 heavy (non-hydrogen) atoms. The second-order valence-corrected chi connectivity index (χ2v) is 18.6. The van der Waals surface area contributed by atoms with E-state index in [1.54, 1.807) is 13.0 Å². The summed E-state index contributed by atoms with van der Waals surface area (Å²) in [4.78, 5) is 4.63. The SMILES string of the molecule is CNCOC12Cc3c4c(c5c(c3OC1c1cc(CCc3ccccc3)c(O)c(c1)OCCC#CC2NCNCC(C)O)CCC(CO)O5)-c1ccc(O)cc1C(Cc1ccc2c(c1)=CCN=2)C4. The number of aliphatic hydroxyl groups excluding tert-OH is 2. The molecule has 5 aromatic rings. The molecule has 0 aromatic heterocycles. The molecule has 5 aliphatic rings. The molecular formula is C55H60N4O8. The highest BCUT2D eigenvalue weighted by Gasteiger charge is 2.54. The molecule has 5 aromatic carbocycles. The summed E-state index contributed by atoms with van der Waals surface area (Å²) in [6.07, 6.45) is 5.04. The number of phenols is 2. The number of rotatable bonds is 14. The molecule has 6 unspecified atom stereocenters. The van der Waals surface area contributed by atoms with E-state index >= 15 is 0 Å². The molecule has 0 spiro atoms. The van der Waals surface area contributed by atoms with E-state index in [9.17, 15) is 20.4 Å². The Morgan fingerprint density at radius 2 is 1.84 bits per heavy atom. The Hall–Kier alpha value is -5.91. The van der Waals surface area contributed by atoms with E-state index in [-0.39, 0.29) is 37.4 Å². The number of ether oxygens (including phenoxy) is 4. The minimum Gasteiger partial charge on any atom is -0.508 e. The molecule has 10 rings (SSSR count). The smallest absolute Gasteiger partial charge is 0.161 e. The fraction of sp³-hybridized carbons (Fsp3) is 0.400. The van der Waals surface area contributed by atoms with Gasteiger partial charge >= 0.3 is 0 Å². The Morgan fingerprint density at radius 3 is 2.67 bits per heavy atom. The van der Waals surface area contributed by atoms with Crippen LogP contribution in [0.5, 0.6) is 28.7 Å². The summed E-state index contributed by atoms with van der Waals surface area (Å²) in [5.41, 5.74) is 8.68. The third-order valence-electron chi connectivity index (χ3n) is 14.0. The highest BCUT2D eigenvalue weighted by molar-refractivity contribution is 5.85. The molecule has 7 N–H and O–H groups in total. The zero-order chi connectivity index (χ0) is 46.1. The van der Waals surface area contributed by atoms with Crippen LogP contribution in [0.1, 0.15) is 76.3 Å². The van der Waals surface area contributed by atoms with Gasteiger partial charge < -0.3 is 44.7 Å². The second-order valence-electron chi connectivity index (χ2n) is 18.6. The first kappa shape index (κ1) is 44.9. The van der Waals surface area contributed by atoms with Crippen molar-refractivity contribution in [1.82, 2.24) is 16.0 Å². The van der Waals surface area contributed by atoms with Crippen molar-refractivity contribution in [3.8, 4) is 51.7 Å². The quantitative estimate of drug-likeness (QED) is 0.0465. The summed E-state index contributed by atoms with van der Waals surface area (Å²) in [7, 11) is 1.86. The Kier molecular flexibility index (Phi) is 13.0. The number of aromatic hydroxyl groups is 2. The average molecular weight is 905 g/mol. The number of nitrogens with zero attached hydrogens (tertiary/aromatic N) is 1. The number of fused-ring (bicyclic) bond motifs is 13. The first-order chi connectivity index (χ1) is 32.7. The Labute approximate surface area is 391 Å². The van der Waals surface area contributed by atoms with Gasteiger partial charge in [-0.05, 0) is 139 Å². The maximum atomic E-state index is 11.8. The molecule has 348 valence electrons. The molecule has 0 saturated heterocycles. The molecule has 0 amide bonds. The van der Waals surface area contributed by atoms with Gasteiger partial charge in [0.15, 0.2) is 17.6 Å². The van der Waals surface area contributed by atoms with Crippen LogP contribution in [0.4, 0.5) is 0 Å². The van der Waals surface area contributed by atoms with Crippen LogP contribution in [0.3, 0.4) is 0 Å². The number of phenolic OH excluding ortho intramolecular Hbond substituents is 2. The van der Waals surface area contributed by atoms with Gasteiger partial charge in [-0.15, -0.1) is 0 Å². The molecule has 4 heterocycles. The lowest BCUT2D eigenvalue weighted by molar-refractivity contribution is -0.141. The van der Waals surface area contributed by atoms with E-state index in [4.69, 9.17) is 18.9 Å². The maximum absolute atomic E-state index is 11.8. The van der Waals surface area contributed by atoms with Crippen molar-refractivity contribution in [2.75, 3.05) is 46.8 Å². The molecule has 4 aliphatic heterocycles. The van der Waals surface area contributed by atoms with Crippen molar-refractivity contribution >= 4 is 6.08 Å². The number of hydrogen-bond acceptors (Lipinski definition) is 12. The summed E-state index contributed by atoms with van der Waals surface area (Å²) in [6.45, 7) is 3.46. The van der Waals surface area contributed by atoms with Crippen LogP contribution in [-0.2, 0) is 43.3 Å². The summed E-state index contributed by atoms with van der Waals surface area (Å²) < 4.78 is 28.1. The van der Waals surface area contributed by atoms with E-state index < -0.39 is 30.0 Å². The molecule has 0 radical (unpaired) electrons. The van der Waals surface area contributed by atoms with E-state index in [0.29, 0.717) is 76.2 Å². The highest BCUT2D eigenvalue weighted by atomic mass is 16.6. The van der Waals surface area contributed by atoms with Gasteiger partial charge in [0.1, 0.15) is 35.0 Å². The molecule has 0 fully saturated rings. The molecular weight excluding hydrogens is 845 g/mol. The molecule has 2 bridgehead atoms. The number of benzene rings is 5. The zero-order valence-corrected chi connectivity index (χ0v) is 38.2. The molecule has 6 atom stereocenters. The Bertz CT molecular complexity index is 2840. The van der Waals surface area contributed by atoms with Gasteiger partial charge in [0.25, 0.3) is 0 Å². The number of aryl methyl sites for hydroxylation is 2. The van der Waals surface area contributed by atoms with Gasteiger partial charge in [-0.2, -0.15) is 0 Å². The maximum Gasteiger partial charge on any atom is 0.161 e. The fourth-order valence-electron chi connectivity index (χ4n) is 10.8. The van der Waals surface area contributed by atoms with Gasteiger partial charge in [-0.3, -0.25) is 15.6 Å². The highest BCUT2D eigenvalue weighted by Crippen LogP contribution is 2.58. The van der Waals surface area contributed by atoms with Gasteiger partial charge in [0, 0.05) is 42.7 Å². The first-order valence-electron chi connectivity index (χ1n) is 23.8. The number of aliphatic hydroxyl groups is 2. The van der Waals surface area contributed by atoms with E-state index in [1.807, 2.05) is 49.5 Å². The summed E-state index contributed by atoms with van der Waals surface area (Å²) in [5, 5.41) is 56.1. The van der Waals surface area contributed by atoms with Crippen molar-refractivity contribution in [2.24, 2.45) is 4.99 Å². The van der Waals surface area contributed by atoms with Crippen molar-refractivity contribution in [1.29, 1.82) is 0 Å². The van der Waals surface area contributed by atoms with Crippen LogP contribution in [-0.4, -0.2) is 91.0 Å². The minimum atomic E-state index is -1.18. The van der Waals surface area contributed by atoms with E-state index in [2.05, 4.69) is 69.2 Å². The number of nitrogens with one attached hydrogen (secondary N) is 3. The number of hydrogen-bond donors (Lipinski definition) is 7. The summed E-state index contributed by atoms with van der Waals surface area (Å²) in [5.74, 6) is 9.07. The van der Waals surface area contributed by atoms with Crippen LogP contribution < -0.4 is 40.7 Å². The van der Waals surface area contributed by atoms with Crippen LogP contribution in [0, 0.1) is 11.8 Å². The predicted molar refractivity (Wildman–Crippen MR) is 256 cm³/mol. The lowest BCUT2D eigenvalue weighted by Gasteiger charge is -2.49. The monoisotopic (exact) mass is 904 g/mol. The Balaban J connectivity index is 1.18. The van der Waals surface area contributed by atoms with Gasteiger partial charge in [-0.1, -0.05) is 60.4 Å². The van der Waals surface area contributed by atoms with Crippen LogP contribution in [0.25, 0.3) is 17.2 Å². The third-order valence-corrected chi connectivity index (χ3v) is 14.0. The van der Waals surface area contributed by atoms with Crippen molar-refractivity contribution in [3.63, 3.8) is 0 Å². The van der Waals surface area contributed by atoms with E-state index in [1.165, 1.54) is 5.56 Å². The topological polar surface area (TPSA) is 166 Å². The third kappa shape index (κ3) is 8.88. The fourth-order valence-corrected chi connectivity index (χ4v) is 10.8. The van der Waals surface area contributed by atoms with Gasteiger partial charge in [-0.25, -0.2) is 0 Å². The predicted octanol–water partition coefficient (Wildman–Crippen LogP) is 4.81. The lowest BCUT2D eigenvalue weighted by Crippen LogP contribution is -2.62. The molecule has 12 heteroatoms. The summed E-state index contributed by atoms with van der Waals surface area (Å²) in [6, 6.07) is 25.7. The van der Waals surface area contributed by atoms with Crippen LogP contribution in [0.2, 0.25) is 0 Å². The second kappa shape index (κ2) is 19.4. The van der Waals surface area contributed by atoms with E-state index in [0.717, 1.165) is 72.8 Å². The minimum absolute atomic E-state index is 0.0211. The molecule has 12 nitrogen and oxygen atoms in total. The van der Waals surface area contributed by atoms with Crippen molar-refractivity contribution in [3.05, 3.63) is 134 Å². The van der Waals surface area contributed by atoms with Gasteiger partial charge in [0.05, 0.1) is 38.0 Å². The normalized spacial score (nSPS) is 22.4. The van der Waals surface area contributed by atoms with Crippen LogP contribution >= 0.6 is 0 Å². The lowest BCUT2D eigenvalue weighted by atomic mass is 9.69. The van der Waals surface area contributed by atoms with Gasteiger partial charge in [0.2, 0.25) is 0 Å². The zero-order valence-electron chi connectivity index (χ0n) is 38.2. The molecule has 0 saturated carbocycles. The largest absolute Gasteiger partial charge is 0.508 e. The average Bonchev–Trinajstić information content (AvgIpc) is 3.81. The summed E-state index contributed by atoms with van der Waals surface area (Å²) >= 11 is 0. The van der Waals surface area contributed by atoms with Crippen LogP contribution in [0.15, 0.2) is 83.9 Å². The molecule has 1 aliphatic carbocycles. The standard InChI is InChI=1S/C55H60N4O8/c1-33(61)29-57-31-59-49-10-6-7-21-64-48-26-39(24-37(51(48)63)13-11-34-8-4-3-5-9-34)54-55(49,65-32-56-2)28-46-45-25-38(23-35-12-18-47-36(22-35)19-20-58-47)44-27-40(62)14-16-42(44)50(45)53-43(52(46)67-54)17-15-41(30-60)66-53/h3-5,8-9,12,14,16,18-19,22,24,26-27,33,38,41,49,54,56-57,59-63H,7,11,13,15,17,20-21,23,25,28-32H2,1-2H3. The Morgan fingerprint density at radius 1 is 0.955 bits per heavy atom.